The number of hydrogen-bond acceptors (Lipinski definition) is 7. The molecule has 1 heterocycles. The molecule has 0 aliphatic heterocycles. The summed E-state index contributed by atoms with van der Waals surface area (Å²) < 4.78 is 9.73. The fourth-order valence-electron chi connectivity index (χ4n) is 2.43. The molecule has 0 amide bonds. The number of anilines is 2. The van der Waals surface area contributed by atoms with Crippen LogP contribution in [0.15, 0.2) is 54.6 Å². The zero-order valence-corrected chi connectivity index (χ0v) is 17.1. The molecule has 0 fully saturated rings. The molecule has 3 aromatic rings. The highest BCUT2D eigenvalue weighted by atomic mass is 32.1. The zero-order valence-electron chi connectivity index (χ0n) is 16.3. The minimum atomic E-state index is -0.381. The Morgan fingerprint density at radius 2 is 1.76 bits per heavy atom. The van der Waals surface area contributed by atoms with Gasteiger partial charge in [-0.15, -0.1) is 0 Å². The molecule has 0 bridgehead atoms. The van der Waals surface area contributed by atoms with Gasteiger partial charge in [-0.3, -0.25) is 5.41 Å². The third kappa shape index (κ3) is 5.46. The lowest BCUT2D eigenvalue weighted by atomic mass is 9.95. The summed E-state index contributed by atoms with van der Waals surface area (Å²) in [6.45, 7) is 4.15. The fraction of sp³-hybridized carbons (Fsp3) is 0.238. The average Bonchev–Trinajstić information content (AvgIpc) is 3.08. The molecular weight excluding hydrogens is 388 g/mol. The van der Waals surface area contributed by atoms with E-state index in [-0.39, 0.29) is 23.7 Å². The summed E-state index contributed by atoms with van der Waals surface area (Å²) in [5.74, 6) is 1.30. The third-order valence-corrected chi connectivity index (χ3v) is 4.94. The van der Waals surface area contributed by atoms with E-state index in [0.717, 1.165) is 23.0 Å². The predicted octanol–water partition coefficient (Wildman–Crippen LogP) is 4.32. The van der Waals surface area contributed by atoms with Crippen LogP contribution in [0.2, 0.25) is 0 Å². The molecule has 2 aromatic carbocycles. The minimum absolute atomic E-state index is 0.0103. The Kier molecular flexibility index (Phi) is 6.36. The molecule has 0 aliphatic carbocycles. The summed E-state index contributed by atoms with van der Waals surface area (Å²) in [7, 11) is 0. The van der Waals surface area contributed by atoms with Crippen molar-refractivity contribution in [3.05, 3.63) is 60.2 Å². The van der Waals surface area contributed by atoms with Crippen molar-refractivity contribution in [2.45, 2.75) is 13.8 Å². The maximum absolute atomic E-state index is 10.1. The van der Waals surface area contributed by atoms with Crippen LogP contribution in [0, 0.1) is 10.8 Å². The van der Waals surface area contributed by atoms with E-state index in [1.165, 1.54) is 0 Å². The van der Waals surface area contributed by atoms with Crippen LogP contribution < -0.4 is 15.4 Å². The van der Waals surface area contributed by atoms with Crippen molar-refractivity contribution in [3.8, 4) is 17.4 Å². The molecule has 29 heavy (non-hydrogen) atoms. The van der Waals surface area contributed by atoms with Crippen molar-refractivity contribution < 1.29 is 14.9 Å². The molecule has 0 atom stereocenters. The van der Waals surface area contributed by atoms with Crippen molar-refractivity contribution >= 4 is 28.1 Å². The SMILES string of the molecule is CC(C)(CO)CNC(=N)c1c(O)nsc1Nc1ccc(Oc2ccccc2)cc1. The Balaban J connectivity index is 1.68. The quantitative estimate of drug-likeness (QED) is 0.278. The lowest BCUT2D eigenvalue weighted by Gasteiger charge is -2.22. The molecule has 0 radical (unpaired) electrons. The molecule has 0 saturated heterocycles. The largest absolute Gasteiger partial charge is 0.492 e. The number of amidine groups is 1. The van der Waals surface area contributed by atoms with Crippen LogP contribution >= 0.6 is 11.5 Å². The highest BCUT2D eigenvalue weighted by Gasteiger charge is 2.21. The van der Waals surface area contributed by atoms with E-state index in [1.807, 2.05) is 68.4 Å². The summed E-state index contributed by atoms with van der Waals surface area (Å²) in [5, 5.41) is 34.4. The number of para-hydroxylation sites is 1. The van der Waals surface area contributed by atoms with E-state index in [9.17, 15) is 10.2 Å². The highest BCUT2D eigenvalue weighted by molar-refractivity contribution is 7.11. The second-order valence-electron chi connectivity index (χ2n) is 7.33. The van der Waals surface area contributed by atoms with Crippen LogP contribution in [0.3, 0.4) is 0 Å². The lowest BCUT2D eigenvalue weighted by Crippen LogP contribution is -2.36. The number of nitrogens with one attached hydrogen (secondary N) is 3. The smallest absolute Gasteiger partial charge is 0.236 e. The van der Waals surface area contributed by atoms with Crippen molar-refractivity contribution in [1.29, 1.82) is 5.41 Å². The molecule has 1 aromatic heterocycles. The van der Waals surface area contributed by atoms with Gasteiger partial charge in [0, 0.05) is 24.3 Å². The lowest BCUT2D eigenvalue weighted by molar-refractivity contribution is 0.162. The van der Waals surface area contributed by atoms with Gasteiger partial charge in [-0.2, -0.15) is 4.37 Å². The van der Waals surface area contributed by atoms with Crippen LogP contribution in [0.4, 0.5) is 10.7 Å². The highest BCUT2D eigenvalue weighted by Crippen LogP contribution is 2.33. The van der Waals surface area contributed by atoms with Gasteiger partial charge in [0.15, 0.2) is 0 Å². The summed E-state index contributed by atoms with van der Waals surface area (Å²) >= 11 is 1.07. The first-order valence-electron chi connectivity index (χ1n) is 9.10. The molecule has 5 N–H and O–H groups in total. The van der Waals surface area contributed by atoms with Gasteiger partial charge in [-0.25, -0.2) is 0 Å². The normalized spacial score (nSPS) is 11.1. The topological polar surface area (TPSA) is 110 Å². The maximum atomic E-state index is 10.1. The number of aromatic nitrogens is 1. The van der Waals surface area contributed by atoms with Crippen LogP contribution in [0.1, 0.15) is 19.4 Å². The number of hydrogen-bond donors (Lipinski definition) is 5. The Bertz CT molecular complexity index is 956. The van der Waals surface area contributed by atoms with Crippen molar-refractivity contribution in [3.63, 3.8) is 0 Å². The molecule has 8 heteroatoms. The first-order valence-corrected chi connectivity index (χ1v) is 9.87. The van der Waals surface area contributed by atoms with Crippen molar-refractivity contribution in [1.82, 2.24) is 9.69 Å². The van der Waals surface area contributed by atoms with Gasteiger partial charge in [-0.1, -0.05) is 32.0 Å². The molecule has 0 unspecified atom stereocenters. The van der Waals surface area contributed by atoms with Crippen LogP contribution in [-0.2, 0) is 0 Å². The van der Waals surface area contributed by atoms with E-state index in [4.69, 9.17) is 10.1 Å². The Morgan fingerprint density at radius 3 is 2.41 bits per heavy atom. The molecule has 0 spiro atoms. The van der Waals surface area contributed by atoms with E-state index < -0.39 is 0 Å². The van der Waals surface area contributed by atoms with E-state index in [1.54, 1.807) is 0 Å². The summed E-state index contributed by atoms with van der Waals surface area (Å²) in [6, 6.07) is 16.9. The van der Waals surface area contributed by atoms with Gasteiger partial charge in [-0.05, 0) is 47.9 Å². The van der Waals surface area contributed by atoms with Crippen LogP contribution in [0.5, 0.6) is 17.4 Å². The molecule has 3 rings (SSSR count). The molecule has 0 saturated carbocycles. The van der Waals surface area contributed by atoms with Gasteiger partial charge in [0.05, 0.1) is 0 Å². The first-order chi connectivity index (χ1) is 13.9. The Morgan fingerprint density at radius 1 is 1.10 bits per heavy atom. The molecule has 0 aliphatic rings. The summed E-state index contributed by atoms with van der Waals surface area (Å²) in [5.41, 5.74) is 0.695. The number of nitrogens with zero attached hydrogens (tertiary/aromatic N) is 1. The van der Waals surface area contributed by atoms with Gasteiger partial charge in [0.2, 0.25) is 5.88 Å². The number of aliphatic hydroxyl groups is 1. The van der Waals surface area contributed by atoms with E-state index >= 15 is 0 Å². The van der Waals surface area contributed by atoms with E-state index in [0.29, 0.717) is 22.9 Å². The number of rotatable bonds is 8. The van der Waals surface area contributed by atoms with E-state index in [2.05, 4.69) is 15.0 Å². The van der Waals surface area contributed by atoms with Gasteiger partial charge in [0.1, 0.15) is 27.9 Å². The zero-order chi connectivity index (χ0) is 20.9. The second-order valence-corrected chi connectivity index (χ2v) is 8.10. The molecular formula is C21H24N4O3S. The Hall–Kier alpha value is -3.10. The second kappa shape index (κ2) is 8.93. The van der Waals surface area contributed by atoms with Gasteiger partial charge in [0.25, 0.3) is 0 Å². The fourth-order valence-corrected chi connectivity index (χ4v) is 3.14. The van der Waals surface area contributed by atoms with Crippen LogP contribution in [-0.4, -0.2) is 33.6 Å². The third-order valence-electron chi connectivity index (χ3n) is 4.19. The number of aromatic hydroxyl groups is 1. The maximum Gasteiger partial charge on any atom is 0.236 e. The van der Waals surface area contributed by atoms with Crippen molar-refractivity contribution in [2.75, 3.05) is 18.5 Å². The standard InChI is InChI=1S/C21H24N4O3S/c1-21(2,13-26)12-23-18(22)17-19(27)25-29-20(17)24-14-8-10-16(11-9-14)28-15-6-4-3-5-7-15/h3-11,24,26H,12-13H2,1-2H3,(H2,22,23)(H,25,27). The monoisotopic (exact) mass is 412 g/mol. The van der Waals surface area contributed by atoms with Gasteiger partial charge < -0.3 is 25.6 Å². The predicted molar refractivity (Wildman–Crippen MR) is 116 cm³/mol. The van der Waals surface area contributed by atoms with Crippen LogP contribution in [0.25, 0.3) is 0 Å². The summed E-state index contributed by atoms with van der Waals surface area (Å²) in [4.78, 5) is 0. The first kappa shape index (κ1) is 20.6. The minimum Gasteiger partial charge on any atom is -0.492 e. The summed E-state index contributed by atoms with van der Waals surface area (Å²) in [6.07, 6.45) is 0. The molecule has 7 nitrogen and oxygen atoms in total. The average molecular weight is 413 g/mol. The number of ether oxygens (including phenoxy) is 1. The van der Waals surface area contributed by atoms with Crippen molar-refractivity contribution in [2.24, 2.45) is 5.41 Å². The number of benzene rings is 2. The number of aliphatic hydroxyl groups excluding tert-OH is 1. The molecule has 152 valence electrons. The Labute approximate surface area is 173 Å². The van der Waals surface area contributed by atoms with Gasteiger partial charge >= 0.3 is 0 Å².